The number of hydrogen-bond acceptors (Lipinski definition) is 3. The van der Waals surface area contributed by atoms with Gasteiger partial charge >= 0.3 is 5.97 Å². The van der Waals surface area contributed by atoms with Gasteiger partial charge in [-0.05, 0) is 31.2 Å². The van der Waals surface area contributed by atoms with Crippen LogP contribution in [0.1, 0.15) is 33.6 Å². The first-order valence-electron chi connectivity index (χ1n) is 6.18. The number of rotatable bonds is 5. The van der Waals surface area contributed by atoms with Crippen LogP contribution in [0.3, 0.4) is 0 Å². The standard InChI is InChI=1S/C12H22N2O3/c1-7(2)6-9(12(16)17)14-11(15)10-8(3)4-5-13-10/h7-10,13H,4-6H2,1-3H3,(H,14,15)(H,16,17)/t8?,9-,10?/m1/s1. The molecule has 1 aliphatic rings. The predicted molar refractivity (Wildman–Crippen MR) is 64.6 cm³/mol. The molecule has 1 rings (SSSR count). The van der Waals surface area contributed by atoms with Gasteiger partial charge in [0.15, 0.2) is 0 Å². The third-order valence-electron chi connectivity index (χ3n) is 3.14. The summed E-state index contributed by atoms with van der Waals surface area (Å²) < 4.78 is 0. The summed E-state index contributed by atoms with van der Waals surface area (Å²) >= 11 is 0. The van der Waals surface area contributed by atoms with Crippen molar-refractivity contribution in [2.75, 3.05) is 6.54 Å². The molecule has 1 aliphatic heterocycles. The van der Waals surface area contributed by atoms with E-state index in [1.54, 1.807) is 0 Å². The van der Waals surface area contributed by atoms with Crippen molar-refractivity contribution >= 4 is 11.9 Å². The highest BCUT2D eigenvalue weighted by molar-refractivity contribution is 5.87. The normalized spacial score (nSPS) is 25.9. The van der Waals surface area contributed by atoms with E-state index in [-0.39, 0.29) is 23.8 Å². The lowest BCUT2D eigenvalue weighted by atomic mass is 10.0. The van der Waals surface area contributed by atoms with Crippen LogP contribution in [0.5, 0.6) is 0 Å². The first kappa shape index (κ1) is 14.0. The molecular weight excluding hydrogens is 220 g/mol. The fourth-order valence-electron chi connectivity index (χ4n) is 2.14. The Balaban J connectivity index is 2.54. The third-order valence-corrected chi connectivity index (χ3v) is 3.14. The second kappa shape index (κ2) is 6.00. The molecular formula is C12H22N2O3. The maximum Gasteiger partial charge on any atom is 0.326 e. The molecule has 0 aromatic rings. The topological polar surface area (TPSA) is 78.4 Å². The van der Waals surface area contributed by atoms with Crippen LogP contribution in [0.4, 0.5) is 0 Å². The van der Waals surface area contributed by atoms with E-state index in [2.05, 4.69) is 10.6 Å². The third kappa shape index (κ3) is 4.00. The van der Waals surface area contributed by atoms with Gasteiger partial charge in [-0.15, -0.1) is 0 Å². The second-order valence-electron chi connectivity index (χ2n) is 5.23. The monoisotopic (exact) mass is 242 g/mol. The summed E-state index contributed by atoms with van der Waals surface area (Å²) in [6, 6.07) is -1.03. The van der Waals surface area contributed by atoms with Crippen molar-refractivity contribution in [2.45, 2.75) is 45.7 Å². The van der Waals surface area contributed by atoms with Gasteiger partial charge in [0.05, 0.1) is 6.04 Å². The highest BCUT2D eigenvalue weighted by Gasteiger charge is 2.32. The summed E-state index contributed by atoms with van der Waals surface area (Å²) in [4.78, 5) is 22.9. The molecule has 1 fully saturated rings. The molecule has 1 heterocycles. The van der Waals surface area contributed by atoms with Crippen LogP contribution in [0.25, 0.3) is 0 Å². The molecule has 3 atom stereocenters. The van der Waals surface area contributed by atoms with Crippen molar-refractivity contribution in [3.8, 4) is 0 Å². The zero-order valence-electron chi connectivity index (χ0n) is 10.7. The minimum Gasteiger partial charge on any atom is -0.480 e. The van der Waals surface area contributed by atoms with Crippen molar-refractivity contribution < 1.29 is 14.7 Å². The molecule has 0 aromatic carbocycles. The SMILES string of the molecule is CC(C)C[C@@H](NC(=O)C1NCCC1C)C(=O)O. The summed E-state index contributed by atoms with van der Waals surface area (Å²) in [5, 5.41) is 14.8. The molecule has 3 N–H and O–H groups in total. The molecule has 0 aromatic heterocycles. The van der Waals surface area contributed by atoms with E-state index in [1.165, 1.54) is 0 Å². The van der Waals surface area contributed by atoms with E-state index in [9.17, 15) is 9.59 Å². The molecule has 0 radical (unpaired) electrons. The number of aliphatic carboxylic acids is 1. The van der Waals surface area contributed by atoms with E-state index >= 15 is 0 Å². The Kier molecular flexibility index (Phi) is 4.93. The predicted octanol–water partition coefficient (Wildman–Crippen LogP) is 0.600. The van der Waals surface area contributed by atoms with Crippen LogP contribution in [-0.4, -0.2) is 35.6 Å². The molecule has 5 nitrogen and oxygen atoms in total. The highest BCUT2D eigenvalue weighted by Crippen LogP contribution is 2.15. The largest absolute Gasteiger partial charge is 0.480 e. The molecule has 5 heteroatoms. The zero-order chi connectivity index (χ0) is 13.0. The molecule has 98 valence electrons. The van der Waals surface area contributed by atoms with E-state index < -0.39 is 12.0 Å². The first-order valence-corrected chi connectivity index (χ1v) is 6.18. The van der Waals surface area contributed by atoms with Crippen molar-refractivity contribution in [2.24, 2.45) is 11.8 Å². The lowest BCUT2D eigenvalue weighted by Gasteiger charge is -2.21. The van der Waals surface area contributed by atoms with Crippen molar-refractivity contribution in [3.05, 3.63) is 0 Å². The van der Waals surface area contributed by atoms with Gasteiger partial charge in [0.25, 0.3) is 0 Å². The first-order chi connectivity index (χ1) is 7.91. The van der Waals surface area contributed by atoms with Gasteiger partial charge in [0.1, 0.15) is 6.04 Å². The zero-order valence-corrected chi connectivity index (χ0v) is 10.7. The van der Waals surface area contributed by atoms with Gasteiger partial charge in [0, 0.05) is 0 Å². The minimum absolute atomic E-state index is 0.192. The molecule has 0 saturated carbocycles. The number of carbonyl (C=O) groups is 2. The van der Waals surface area contributed by atoms with E-state index in [4.69, 9.17) is 5.11 Å². The summed E-state index contributed by atoms with van der Waals surface area (Å²) in [6.07, 6.45) is 1.42. The number of carboxylic acid groups (broad SMARTS) is 1. The molecule has 1 saturated heterocycles. The van der Waals surface area contributed by atoms with Crippen molar-refractivity contribution in [1.82, 2.24) is 10.6 Å². The van der Waals surface area contributed by atoms with E-state index in [1.807, 2.05) is 20.8 Å². The van der Waals surface area contributed by atoms with Crippen LogP contribution in [0.15, 0.2) is 0 Å². The minimum atomic E-state index is -0.960. The van der Waals surface area contributed by atoms with Crippen molar-refractivity contribution in [3.63, 3.8) is 0 Å². The Bertz CT molecular complexity index is 291. The molecule has 0 spiro atoms. The number of hydrogen-bond donors (Lipinski definition) is 3. The average Bonchev–Trinajstić information content (AvgIpc) is 2.62. The lowest BCUT2D eigenvalue weighted by molar-refractivity contribution is -0.142. The number of carboxylic acids is 1. The van der Waals surface area contributed by atoms with Crippen LogP contribution in [0.2, 0.25) is 0 Å². The average molecular weight is 242 g/mol. The fraction of sp³-hybridized carbons (Fsp3) is 0.833. The number of amides is 1. The van der Waals surface area contributed by atoms with E-state index in [0.717, 1.165) is 13.0 Å². The van der Waals surface area contributed by atoms with Crippen LogP contribution < -0.4 is 10.6 Å². The number of carbonyl (C=O) groups excluding carboxylic acids is 1. The molecule has 2 unspecified atom stereocenters. The maximum absolute atomic E-state index is 11.9. The summed E-state index contributed by atoms with van der Waals surface area (Å²) in [5.41, 5.74) is 0. The van der Waals surface area contributed by atoms with Crippen LogP contribution in [0, 0.1) is 11.8 Å². The molecule has 1 amide bonds. The van der Waals surface area contributed by atoms with Gasteiger partial charge < -0.3 is 15.7 Å². The Morgan fingerprint density at radius 3 is 2.53 bits per heavy atom. The quantitative estimate of drug-likeness (QED) is 0.659. The van der Waals surface area contributed by atoms with E-state index in [0.29, 0.717) is 6.42 Å². The number of nitrogens with one attached hydrogen (secondary N) is 2. The van der Waals surface area contributed by atoms with Crippen LogP contribution >= 0.6 is 0 Å². The Morgan fingerprint density at radius 1 is 1.47 bits per heavy atom. The van der Waals surface area contributed by atoms with Crippen LogP contribution in [-0.2, 0) is 9.59 Å². The van der Waals surface area contributed by atoms with Crippen molar-refractivity contribution in [1.29, 1.82) is 0 Å². The Hall–Kier alpha value is -1.10. The van der Waals surface area contributed by atoms with Gasteiger partial charge in [-0.25, -0.2) is 4.79 Å². The van der Waals surface area contributed by atoms with Gasteiger partial charge in [-0.2, -0.15) is 0 Å². The van der Waals surface area contributed by atoms with Gasteiger partial charge in [-0.1, -0.05) is 20.8 Å². The fourth-order valence-corrected chi connectivity index (χ4v) is 2.14. The molecule has 0 bridgehead atoms. The molecule has 17 heavy (non-hydrogen) atoms. The van der Waals surface area contributed by atoms with Gasteiger partial charge in [-0.3, -0.25) is 4.79 Å². The summed E-state index contributed by atoms with van der Waals surface area (Å²) in [7, 11) is 0. The van der Waals surface area contributed by atoms with Gasteiger partial charge in [0.2, 0.25) is 5.91 Å². The Morgan fingerprint density at radius 2 is 2.12 bits per heavy atom. The maximum atomic E-state index is 11.9. The summed E-state index contributed by atoms with van der Waals surface area (Å²) in [6.45, 7) is 6.71. The highest BCUT2D eigenvalue weighted by atomic mass is 16.4. The smallest absolute Gasteiger partial charge is 0.326 e. The molecule has 0 aliphatic carbocycles. The summed E-state index contributed by atoms with van der Waals surface area (Å²) in [5.74, 6) is -0.644. The second-order valence-corrected chi connectivity index (χ2v) is 5.23. The Labute approximate surface area is 102 Å². The lowest BCUT2D eigenvalue weighted by Crippen LogP contribution is -2.50.